The maximum atomic E-state index is 14.1. The lowest BCUT2D eigenvalue weighted by Crippen LogP contribution is -2.50. The van der Waals surface area contributed by atoms with E-state index < -0.39 is 17.0 Å². The lowest BCUT2D eigenvalue weighted by atomic mass is 9.78. The Hall–Kier alpha value is -2.06. The molecule has 1 aromatic carbocycles. The molecule has 152 valence electrons. The molecule has 28 heavy (non-hydrogen) atoms. The number of halogens is 2. The predicted molar refractivity (Wildman–Crippen MR) is 98.7 cm³/mol. The Bertz CT molecular complexity index is 789. The zero-order valence-corrected chi connectivity index (χ0v) is 16.0. The van der Waals surface area contributed by atoms with Crippen LogP contribution in [0.15, 0.2) is 18.2 Å². The molecule has 8 heteroatoms. The van der Waals surface area contributed by atoms with Gasteiger partial charge in [-0.2, -0.15) is 0 Å². The molecule has 0 radical (unpaired) electrons. The van der Waals surface area contributed by atoms with Gasteiger partial charge >= 0.3 is 0 Å². The molecule has 0 aromatic heterocycles. The predicted octanol–water partition coefficient (Wildman–Crippen LogP) is 1.42. The van der Waals surface area contributed by atoms with Gasteiger partial charge in [-0.1, -0.05) is 12.1 Å². The second-order valence-corrected chi connectivity index (χ2v) is 8.25. The van der Waals surface area contributed by atoms with Crippen molar-refractivity contribution < 1.29 is 18.4 Å². The monoisotopic (exact) mass is 392 g/mol. The molecular weight excluding hydrogens is 366 g/mol. The van der Waals surface area contributed by atoms with Gasteiger partial charge < -0.3 is 9.80 Å². The molecule has 4 rings (SSSR count). The fraction of sp³-hybridized carbons (Fsp3) is 0.600. The van der Waals surface area contributed by atoms with E-state index in [1.165, 1.54) is 12.1 Å². The highest BCUT2D eigenvalue weighted by Gasteiger charge is 2.50. The van der Waals surface area contributed by atoms with E-state index in [0.29, 0.717) is 32.6 Å². The van der Waals surface area contributed by atoms with E-state index in [4.69, 9.17) is 0 Å². The van der Waals surface area contributed by atoms with Crippen molar-refractivity contribution in [2.75, 3.05) is 26.2 Å². The fourth-order valence-electron chi connectivity index (χ4n) is 4.76. The van der Waals surface area contributed by atoms with Crippen molar-refractivity contribution >= 4 is 11.8 Å². The summed E-state index contributed by atoms with van der Waals surface area (Å²) in [5, 5.41) is 0. The zero-order chi connectivity index (χ0) is 19.9. The van der Waals surface area contributed by atoms with Crippen molar-refractivity contribution in [3.8, 4) is 0 Å². The maximum Gasteiger partial charge on any atom is 0.230 e. The first-order valence-corrected chi connectivity index (χ1v) is 9.91. The van der Waals surface area contributed by atoms with Crippen molar-refractivity contribution in [1.29, 1.82) is 0 Å². The first-order chi connectivity index (χ1) is 13.4. The summed E-state index contributed by atoms with van der Waals surface area (Å²) in [6.45, 7) is 4.12. The van der Waals surface area contributed by atoms with E-state index in [1.807, 2.05) is 6.92 Å². The fourth-order valence-corrected chi connectivity index (χ4v) is 4.76. The van der Waals surface area contributed by atoms with Crippen LogP contribution in [0.25, 0.3) is 0 Å². The summed E-state index contributed by atoms with van der Waals surface area (Å²) in [5.41, 5.74) is 5.66. The normalized spacial score (nSPS) is 30.5. The van der Waals surface area contributed by atoms with E-state index >= 15 is 0 Å². The van der Waals surface area contributed by atoms with Crippen LogP contribution >= 0.6 is 0 Å². The highest BCUT2D eigenvalue weighted by Crippen LogP contribution is 2.41. The molecule has 3 saturated heterocycles. The van der Waals surface area contributed by atoms with Gasteiger partial charge in [-0.25, -0.2) is 8.78 Å². The Morgan fingerprint density at radius 1 is 1.29 bits per heavy atom. The third-order valence-electron chi connectivity index (χ3n) is 6.45. The molecule has 1 spiro atoms. The lowest BCUT2D eigenvalue weighted by molar-refractivity contribution is -0.147. The lowest BCUT2D eigenvalue weighted by Gasteiger charge is -2.39. The smallest absolute Gasteiger partial charge is 0.230 e. The molecule has 3 atom stereocenters. The molecule has 3 aliphatic rings. The number of amides is 2. The SMILES string of the molecule is CC1NNCC1C(=O)N1CCC2(CCCN(Cc3cccc(F)c3F)C2=O)C1. The number of nitrogens with one attached hydrogen (secondary N) is 2. The first-order valence-electron chi connectivity index (χ1n) is 9.91. The van der Waals surface area contributed by atoms with Gasteiger partial charge in [-0.15, -0.1) is 0 Å². The van der Waals surface area contributed by atoms with Crippen LogP contribution in [0.3, 0.4) is 0 Å². The van der Waals surface area contributed by atoms with Gasteiger partial charge in [0.05, 0.1) is 11.3 Å². The van der Waals surface area contributed by atoms with Gasteiger partial charge in [0.1, 0.15) is 0 Å². The van der Waals surface area contributed by atoms with Crippen LogP contribution in [0.4, 0.5) is 8.78 Å². The Morgan fingerprint density at radius 3 is 2.86 bits per heavy atom. The zero-order valence-electron chi connectivity index (χ0n) is 16.0. The standard InChI is InChI=1S/C20H26F2N4O2/c1-13-15(10-23-24-13)18(27)26-9-7-20(12-26)6-3-8-25(19(20)28)11-14-4-2-5-16(21)17(14)22/h2,4-5,13,15,23-24H,3,6-12H2,1H3. The number of hydrogen-bond donors (Lipinski definition) is 2. The number of carbonyl (C=O) groups is 2. The Balaban J connectivity index is 1.47. The summed E-state index contributed by atoms with van der Waals surface area (Å²) >= 11 is 0. The minimum absolute atomic E-state index is 0.0477. The van der Waals surface area contributed by atoms with Crippen LogP contribution in [0.5, 0.6) is 0 Å². The largest absolute Gasteiger partial charge is 0.341 e. The van der Waals surface area contributed by atoms with Crippen molar-refractivity contribution in [3.05, 3.63) is 35.4 Å². The van der Waals surface area contributed by atoms with Gasteiger partial charge in [0, 0.05) is 44.3 Å². The summed E-state index contributed by atoms with van der Waals surface area (Å²) in [5.74, 6) is -1.90. The number of carbonyl (C=O) groups excluding carboxylic acids is 2. The third kappa shape index (κ3) is 3.28. The number of hydrogen-bond acceptors (Lipinski definition) is 4. The number of hydrazine groups is 1. The number of rotatable bonds is 3. The van der Waals surface area contributed by atoms with Crippen molar-refractivity contribution in [2.24, 2.45) is 11.3 Å². The van der Waals surface area contributed by atoms with Crippen LogP contribution in [0.2, 0.25) is 0 Å². The van der Waals surface area contributed by atoms with Gasteiger partial charge in [0.25, 0.3) is 0 Å². The van der Waals surface area contributed by atoms with Gasteiger partial charge in [0.2, 0.25) is 11.8 Å². The van der Waals surface area contributed by atoms with Gasteiger partial charge in [0.15, 0.2) is 11.6 Å². The van der Waals surface area contributed by atoms with E-state index in [1.54, 1.807) is 9.80 Å². The van der Waals surface area contributed by atoms with Crippen LogP contribution in [0.1, 0.15) is 31.7 Å². The number of benzene rings is 1. The molecule has 2 amide bonds. The van der Waals surface area contributed by atoms with E-state index in [-0.39, 0.29) is 35.9 Å². The molecule has 0 bridgehead atoms. The second kappa shape index (κ2) is 7.40. The average Bonchev–Trinajstić information content (AvgIpc) is 3.30. The highest BCUT2D eigenvalue weighted by molar-refractivity contribution is 5.87. The molecule has 3 heterocycles. The molecule has 3 aliphatic heterocycles. The minimum Gasteiger partial charge on any atom is -0.341 e. The van der Waals surface area contributed by atoms with Crippen molar-refractivity contribution in [3.63, 3.8) is 0 Å². The average molecular weight is 392 g/mol. The van der Waals surface area contributed by atoms with Crippen LogP contribution < -0.4 is 10.9 Å². The van der Waals surface area contributed by atoms with Gasteiger partial charge in [-0.3, -0.25) is 20.4 Å². The van der Waals surface area contributed by atoms with Crippen LogP contribution in [0, 0.1) is 23.0 Å². The van der Waals surface area contributed by atoms with E-state index in [2.05, 4.69) is 10.9 Å². The van der Waals surface area contributed by atoms with Crippen molar-refractivity contribution in [1.82, 2.24) is 20.7 Å². The van der Waals surface area contributed by atoms with E-state index in [0.717, 1.165) is 18.9 Å². The summed E-state index contributed by atoms with van der Waals surface area (Å²) < 4.78 is 27.6. The first kappa shape index (κ1) is 19.3. The molecular formula is C20H26F2N4O2. The van der Waals surface area contributed by atoms with Crippen LogP contribution in [-0.4, -0.2) is 53.8 Å². The minimum atomic E-state index is -0.901. The molecule has 0 aliphatic carbocycles. The molecule has 1 aromatic rings. The highest BCUT2D eigenvalue weighted by atomic mass is 19.2. The van der Waals surface area contributed by atoms with Crippen molar-refractivity contribution in [2.45, 2.75) is 38.8 Å². The quantitative estimate of drug-likeness (QED) is 0.817. The number of piperidine rings is 1. The summed E-state index contributed by atoms with van der Waals surface area (Å²) in [7, 11) is 0. The molecule has 2 N–H and O–H groups in total. The van der Waals surface area contributed by atoms with Gasteiger partial charge in [-0.05, 0) is 32.3 Å². The number of likely N-dealkylation sites (tertiary alicyclic amines) is 2. The summed E-state index contributed by atoms with van der Waals surface area (Å²) in [6, 6.07) is 4.10. The molecule has 3 unspecified atom stereocenters. The summed E-state index contributed by atoms with van der Waals surface area (Å²) in [4.78, 5) is 29.6. The number of nitrogens with zero attached hydrogens (tertiary/aromatic N) is 2. The maximum absolute atomic E-state index is 14.1. The second-order valence-electron chi connectivity index (χ2n) is 8.25. The topological polar surface area (TPSA) is 64.7 Å². The van der Waals surface area contributed by atoms with E-state index in [9.17, 15) is 18.4 Å². The Kier molecular flexibility index (Phi) is 5.09. The molecule has 6 nitrogen and oxygen atoms in total. The summed E-state index contributed by atoms with van der Waals surface area (Å²) in [6.07, 6.45) is 2.16. The molecule has 3 fully saturated rings. The van der Waals surface area contributed by atoms with Crippen LogP contribution in [-0.2, 0) is 16.1 Å². The Labute approximate surface area is 163 Å². The molecule has 0 saturated carbocycles. The third-order valence-corrected chi connectivity index (χ3v) is 6.45. The Morgan fingerprint density at radius 2 is 2.11 bits per heavy atom.